The topological polar surface area (TPSA) is 42.5 Å². The van der Waals surface area contributed by atoms with Gasteiger partial charge in [0.15, 0.2) is 0 Å². The molecule has 0 heterocycles. The van der Waals surface area contributed by atoms with Crippen LogP contribution in [0.4, 0.5) is 11.4 Å². The molecule has 0 bridgehead atoms. The second kappa shape index (κ2) is 8.04. The first-order valence-corrected chi connectivity index (χ1v) is 7.07. The van der Waals surface area contributed by atoms with Crippen LogP contribution in [0.2, 0.25) is 0 Å². The molecular formula is C17H22N2O2. The third-order valence-electron chi connectivity index (χ3n) is 3.19. The van der Waals surface area contributed by atoms with E-state index < -0.39 is 0 Å². The predicted molar refractivity (Wildman–Crippen MR) is 87.6 cm³/mol. The molecule has 0 amide bonds. The molecule has 0 spiro atoms. The fourth-order valence-corrected chi connectivity index (χ4v) is 1.97. The van der Waals surface area contributed by atoms with E-state index in [-0.39, 0.29) is 0 Å². The third-order valence-corrected chi connectivity index (χ3v) is 3.19. The molecule has 112 valence electrons. The van der Waals surface area contributed by atoms with E-state index in [1.165, 1.54) is 0 Å². The normalized spacial score (nSPS) is 10.0. The molecule has 21 heavy (non-hydrogen) atoms. The molecule has 0 saturated carbocycles. The molecule has 2 rings (SSSR count). The van der Waals surface area contributed by atoms with Crippen LogP contribution in [0.1, 0.15) is 6.42 Å². The first-order chi connectivity index (χ1) is 10.3. The summed E-state index contributed by atoms with van der Waals surface area (Å²) >= 11 is 0. The second-order valence-electron chi connectivity index (χ2n) is 4.66. The Balaban J connectivity index is 1.64. The summed E-state index contributed by atoms with van der Waals surface area (Å²) in [5.74, 6) is 1.75. The van der Waals surface area contributed by atoms with Crippen molar-refractivity contribution in [3.63, 3.8) is 0 Å². The van der Waals surface area contributed by atoms with Crippen molar-refractivity contribution in [2.45, 2.75) is 6.42 Å². The fourth-order valence-electron chi connectivity index (χ4n) is 1.97. The van der Waals surface area contributed by atoms with Gasteiger partial charge in [-0.25, -0.2) is 0 Å². The zero-order valence-corrected chi connectivity index (χ0v) is 12.6. The van der Waals surface area contributed by atoms with Crippen LogP contribution in [-0.4, -0.2) is 27.3 Å². The highest BCUT2D eigenvalue weighted by atomic mass is 16.5. The number of nitrogens with one attached hydrogen (secondary N) is 2. The summed E-state index contributed by atoms with van der Waals surface area (Å²) in [6.07, 6.45) is 1.04. The van der Waals surface area contributed by atoms with Crippen molar-refractivity contribution < 1.29 is 9.47 Å². The SMILES string of the molecule is COc1ccc(NCCCNc2ccc(OC)cc2)cc1. The van der Waals surface area contributed by atoms with Crippen LogP contribution >= 0.6 is 0 Å². The number of benzene rings is 2. The van der Waals surface area contributed by atoms with Crippen molar-refractivity contribution >= 4 is 11.4 Å². The van der Waals surface area contributed by atoms with E-state index in [1.54, 1.807) is 14.2 Å². The maximum atomic E-state index is 5.13. The van der Waals surface area contributed by atoms with Gasteiger partial charge >= 0.3 is 0 Å². The van der Waals surface area contributed by atoms with Gasteiger partial charge in [-0.05, 0) is 55.0 Å². The van der Waals surface area contributed by atoms with Gasteiger partial charge in [0.1, 0.15) is 11.5 Å². The van der Waals surface area contributed by atoms with Crippen LogP contribution in [0, 0.1) is 0 Å². The highest BCUT2D eigenvalue weighted by molar-refractivity contribution is 5.47. The maximum Gasteiger partial charge on any atom is 0.119 e. The molecule has 0 aromatic heterocycles. The minimum absolute atomic E-state index is 0.877. The van der Waals surface area contributed by atoms with E-state index >= 15 is 0 Å². The Bertz CT molecular complexity index is 474. The molecule has 4 heteroatoms. The molecule has 0 unspecified atom stereocenters. The van der Waals surface area contributed by atoms with Gasteiger partial charge in [-0.1, -0.05) is 0 Å². The van der Waals surface area contributed by atoms with Gasteiger partial charge in [-0.2, -0.15) is 0 Å². The lowest BCUT2D eigenvalue weighted by Gasteiger charge is -2.09. The Hall–Kier alpha value is -2.36. The second-order valence-corrected chi connectivity index (χ2v) is 4.66. The minimum atomic E-state index is 0.877. The van der Waals surface area contributed by atoms with Crippen molar-refractivity contribution in [1.82, 2.24) is 0 Å². The summed E-state index contributed by atoms with van der Waals surface area (Å²) in [5, 5.41) is 6.77. The minimum Gasteiger partial charge on any atom is -0.497 e. The van der Waals surface area contributed by atoms with Gasteiger partial charge < -0.3 is 20.1 Å². The van der Waals surface area contributed by atoms with E-state index in [0.717, 1.165) is 42.4 Å². The van der Waals surface area contributed by atoms with Crippen LogP contribution in [0.5, 0.6) is 11.5 Å². The zero-order valence-electron chi connectivity index (χ0n) is 12.6. The average molecular weight is 286 g/mol. The van der Waals surface area contributed by atoms with Gasteiger partial charge in [-0.3, -0.25) is 0 Å². The lowest BCUT2D eigenvalue weighted by Crippen LogP contribution is -2.09. The van der Waals surface area contributed by atoms with Crippen LogP contribution in [-0.2, 0) is 0 Å². The van der Waals surface area contributed by atoms with E-state index in [0.29, 0.717) is 0 Å². The summed E-state index contributed by atoms with van der Waals surface area (Å²) < 4.78 is 10.3. The van der Waals surface area contributed by atoms with E-state index in [2.05, 4.69) is 10.6 Å². The smallest absolute Gasteiger partial charge is 0.119 e. The Morgan fingerprint density at radius 1 is 0.667 bits per heavy atom. The molecule has 0 atom stereocenters. The fraction of sp³-hybridized carbons (Fsp3) is 0.294. The number of hydrogen-bond donors (Lipinski definition) is 2. The molecule has 0 aliphatic heterocycles. The maximum absolute atomic E-state index is 5.13. The summed E-state index contributed by atoms with van der Waals surface area (Å²) in [7, 11) is 3.35. The van der Waals surface area contributed by atoms with Gasteiger partial charge in [-0.15, -0.1) is 0 Å². The van der Waals surface area contributed by atoms with Gasteiger partial charge in [0.25, 0.3) is 0 Å². The number of hydrogen-bond acceptors (Lipinski definition) is 4. The first-order valence-electron chi connectivity index (χ1n) is 7.07. The monoisotopic (exact) mass is 286 g/mol. The Kier molecular flexibility index (Phi) is 5.76. The largest absolute Gasteiger partial charge is 0.497 e. The Labute approximate surface area is 126 Å². The first kappa shape index (κ1) is 15.0. The standard InChI is InChI=1S/C17H22N2O2/c1-20-16-8-4-14(5-9-16)18-12-3-13-19-15-6-10-17(21-2)11-7-15/h4-11,18-19H,3,12-13H2,1-2H3. The van der Waals surface area contributed by atoms with Crippen molar-refractivity contribution in [3.05, 3.63) is 48.5 Å². The van der Waals surface area contributed by atoms with Gasteiger partial charge in [0, 0.05) is 24.5 Å². The van der Waals surface area contributed by atoms with E-state index in [1.807, 2.05) is 48.5 Å². The molecule has 0 radical (unpaired) electrons. The average Bonchev–Trinajstić information content (AvgIpc) is 2.55. The molecule has 2 N–H and O–H groups in total. The van der Waals surface area contributed by atoms with Gasteiger partial charge in [0.2, 0.25) is 0 Å². The molecule has 0 aliphatic carbocycles. The number of methoxy groups -OCH3 is 2. The molecule has 0 saturated heterocycles. The molecule has 4 nitrogen and oxygen atoms in total. The van der Waals surface area contributed by atoms with Crippen molar-refractivity contribution in [2.75, 3.05) is 37.9 Å². The quantitative estimate of drug-likeness (QED) is 0.727. The molecule has 2 aromatic rings. The van der Waals surface area contributed by atoms with Crippen LogP contribution in [0.3, 0.4) is 0 Å². The summed E-state index contributed by atoms with van der Waals surface area (Å²) in [5.41, 5.74) is 2.22. The number of ether oxygens (including phenoxy) is 2. The van der Waals surface area contributed by atoms with Gasteiger partial charge in [0.05, 0.1) is 14.2 Å². The molecule has 0 aliphatic rings. The third kappa shape index (κ3) is 4.91. The van der Waals surface area contributed by atoms with E-state index in [4.69, 9.17) is 9.47 Å². The molecular weight excluding hydrogens is 264 g/mol. The highest BCUT2D eigenvalue weighted by Crippen LogP contribution is 2.16. The lowest BCUT2D eigenvalue weighted by molar-refractivity contribution is 0.415. The Morgan fingerprint density at radius 2 is 1.05 bits per heavy atom. The molecule has 0 fully saturated rings. The van der Waals surface area contributed by atoms with E-state index in [9.17, 15) is 0 Å². The predicted octanol–water partition coefficient (Wildman–Crippen LogP) is 3.62. The molecule has 2 aromatic carbocycles. The van der Waals surface area contributed by atoms with Crippen LogP contribution in [0.15, 0.2) is 48.5 Å². The van der Waals surface area contributed by atoms with Crippen molar-refractivity contribution in [3.8, 4) is 11.5 Å². The van der Waals surface area contributed by atoms with Crippen molar-refractivity contribution in [1.29, 1.82) is 0 Å². The van der Waals surface area contributed by atoms with Crippen LogP contribution < -0.4 is 20.1 Å². The Morgan fingerprint density at radius 3 is 1.38 bits per heavy atom. The number of anilines is 2. The highest BCUT2D eigenvalue weighted by Gasteiger charge is 1.95. The van der Waals surface area contributed by atoms with Crippen LogP contribution in [0.25, 0.3) is 0 Å². The lowest BCUT2D eigenvalue weighted by atomic mass is 10.3. The van der Waals surface area contributed by atoms with Crippen molar-refractivity contribution in [2.24, 2.45) is 0 Å². The number of rotatable bonds is 8. The summed E-state index contributed by atoms with van der Waals surface area (Å²) in [6.45, 7) is 1.85. The summed E-state index contributed by atoms with van der Waals surface area (Å²) in [6, 6.07) is 15.9. The summed E-state index contributed by atoms with van der Waals surface area (Å²) in [4.78, 5) is 0. The zero-order chi connectivity index (χ0) is 14.9.